The van der Waals surface area contributed by atoms with Crippen molar-refractivity contribution in [2.45, 2.75) is 32.0 Å². The topological polar surface area (TPSA) is 47.3 Å². The maximum absolute atomic E-state index is 5.62. The van der Waals surface area contributed by atoms with Crippen molar-refractivity contribution in [3.8, 4) is 0 Å². The highest BCUT2D eigenvalue weighted by molar-refractivity contribution is 5.23. The van der Waals surface area contributed by atoms with E-state index in [1.807, 2.05) is 0 Å². The molecule has 2 rings (SSSR count). The van der Waals surface area contributed by atoms with E-state index in [2.05, 4.69) is 29.6 Å². The molecule has 1 fully saturated rings. The SMILES string of the molecule is NCc1cccc(CNC2CCOCC2)c1. The van der Waals surface area contributed by atoms with Crippen molar-refractivity contribution >= 4 is 0 Å². The minimum atomic E-state index is 0.607. The molecule has 1 aromatic rings. The number of nitrogens with one attached hydrogen (secondary N) is 1. The summed E-state index contributed by atoms with van der Waals surface area (Å²) < 4.78 is 5.33. The quantitative estimate of drug-likeness (QED) is 0.806. The van der Waals surface area contributed by atoms with Crippen LogP contribution in [0.3, 0.4) is 0 Å². The summed E-state index contributed by atoms with van der Waals surface area (Å²) in [4.78, 5) is 0. The lowest BCUT2D eigenvalue weighted by Crippen LogP contribution is -2.34. The number of rotatable bonds is 4. The first-order valence-electron chi connectivity index (χ1n) is 5.97. The molecule has 3 nitrogen and oxygen atoms in total. The van der Waals surface area contributed by atoms with Crippen LogP contribution in [0, 0.1) is 0 Å². The number of hydrogen-bond acceptors (Lipinski definition) is 3. The summed E-state index contributed by atoms with van der Waals surface area (Å²) in [6.07, 6.45) is 2.24. The lowest BCUT2D eigenvalue weighted by molar-refractivity contribution is 0.0776. The van der Waals surface area contributed by atoms with E-state index >= 15 is 0 Å². The van der Waals surface area contributed by atoms with Gasteiger partial charge < -0.3 is 15.8 Å². The Hall–Kier alpha value is -0.900. The van der Waals surface area contributed by atoms with Gasteiger partial charge in [0.25, 0.3) is 0 Å². The molecule has 1 heterocycles. The van der Waals surface area contributed by atoms with Gasteiger partial charge in [-0.25, -0.2) is 0 Å². The lowest BCUT2D eigenvalue weighted by atomic mass is 10.1. The first kappa shape index (κ1) is 11.6. The van der Waals surface area contributed by atoms with Gasteiger partial charge in [0.15, 0.2) is 0 Å². The van der Waals surface area contributed by atoms with Gasteiger partial charge in [-0.1, -0.05) is 24.3 Å². The van der Waals surface area contributed by atoms with Crippen molar-refractivity contribution in [1.29, 1.82) is 0 Å². The van der Waals surface area contributed by atoms with E-state index < -0.39 is 0 Å². The minimum absolute atomic E-state index is 0.607. The van der Waals surface area contributed by atoms with Gasteiger partial charge in [-0.05, 0) is 24.0 Å². The molecule has 0 amide bonds. The summed E-state index contributed by atoms with van der Waals surface area (Å²) in [5.41, 5.74) is 8.14. The smallest absolute Gasteiger partial charge is 0.0480 e. The summed E-state index contributed by atoms with van der Waals surface area (Å²) in [6, 6.07) is 9.06. The third kappa shape index (κ3) is 3.30. The molecule has 3 N–H and O–H groups in total. The van der Waals surface area contributed by atoms with Gasteiger partial charge in [0.2, 0.25) is 0 Å². The Kier molecular flexibility index (Phi) is 4.34. The molecule has 88 valence electrons. The summed E-state index contributed by atoms with van der Waals surface area (Å²) in [5.74, 6) is 0. The van der Waals surface area contributed by atoms with E-state index in [1.54, 1.807) is 0 Å². The zero-order valence-corrected chi connectivity index (χ0v) is 9.61. The Morgan fingerprint density at radius 3 is 2.75 bits per heavy atom. The molecular weight excluding hydrogens is 200 g/mol. The van der Waals surface area contributed by atoms with Crippen LogP contribution in [0.5, 0.6) is 0 Å². The number of benzene rings is 1. The Balaban J connectivity index is 1.83. The van der Waals surface area contributed by atoms with Crippen LogP contribution < -0.4 is 11.1 Å². The molecule has 0 bridgehead atoms. The van der Waals surface area contributed by atoms with Crippen LogP contribution >= 0.6 is 0 Å². The van der Waals surface area contributed by atoms with Gasteiger partial charge in [0.1, 0.15) is 0 Å². The molecular formula is C13H20N2O. The van der Waals surface area contributed by atoms with Gasteiger partial charge in [-0.15, -0.1) is 0 Å². The second kappa shape index (κ2) is 5.99. The molecule has 16 heavy (non-hydrogen) atoms. The largest absolute Gasteiger partial charge is 0.381 e. The molecule has 0 radical (unpaired) electrons. The van der Waals surface area contributed by atoms with Gasteiger partial charge in [-0.3, -0.25) is 0 Å². The van der Waals surface area contributed by atoms with E-state index in [-0.39, 0.29) is 0 Å². The average Bonchev–Trinajstić information content (AvgIpc) is 2.38. The zero-order chi connectivity index (χ0) is 11.2. The molecule has 1 aliphatic heterocycles. The summed E-state index contributed by atoms with van der Waals surface area (Å²) >= 11 is 0. The van der Waals surface area contributed by atoms with Crippen LogP contribution in [0.25, 0.3) is 0 Å². The minimum Gasteiger partial charge on any atom is -0.381 e. The van der Waals surface area contributed by atoms with E-state index in [9.17, 15) is 0 Å². The first-order chi connectivity index (χ1) is 7.88. The second-order valence-corrected chi connectivity index (χ2v) is 4.29. The standard InChI is InChI=1S/C13H20N2O/c14-9-11-2-1-3-12(8-11)10-15-13-4-6-16-7-5-13/h1-3,8,13,15H,4-7,9-10,14H2. The van der Waals surface area contributed by atoms with Crippen LogP contribution in [-0.4, -0.2) is 19.3 Å². The number of ether oxygens (including phenoxy) is 1. The van der Waals surface area contributed by atoms with Crippen LogP contribution in [0.15, 0.2) is 24.3 Å². The normalized spacial score (nSPS) is 17.6. The Bertz CT molecular complexity index is 321. The Labute approximate surface area is 97.0 Å². The maximum atomic E-state index is 5.62. The predicted octanol–water partition coefficient (Wildman–Crippen LogP) is 1.41. The van der Waals surface area contributed by atoms with Crippen LogP contribution in [-0.2, 0) is 17.8 Å². The van der Waals surface area contributed by atoms with Crippen LogP contribution in [0.1, 0.15) is 24.0 Å². The fourth-order valence-electron chi connectivity index (χ4n) is 2.03. The van der Waals surface area contributed by atoms with Gasteiger partial charge in [-0.2, -0.15) is 0 Å². The van der Waals surface area contributed by atoms with Gasteiger partial charge in [0, 0.05) is 32.3 Å². The monoisotopic (exact) mass is 220 g/mol. The lowest BCUT2D eigenvalue weighted by Gasteiger charge is -2.23. The fraction of sp³-hybridized carbons (Fsp3) is 0.538. The van der Waals surface area contributed by atoms with Crippen molar-refractivity contribution in [2.24, 2.45) is 5.73 Å². The third-order valence-corrected chi connectivity index (χ3v) is 3.04. The van der Waals surface area contributed by atoms with Crippen molar-refractivity contribution in [1.82, 2.24) is 5.32 Å². The third-order valence-electron chi connectivity index (χ3n) is 3.04. The van der Waals surface area contributed by atoms with Gasteiger partial charge in [0.05, 0.1) is 0 Å². The predicted molar refractivity (Wildman–Crippen MR) is 65.0 cm³/mol. The van der Waals surface area contributed by atoms with Crippen molar-refractivity contribution in [3.63, 3.8) is 0 Å². The molecule has 0 spiro atoms. The highest BCUT2D eigenvalue weighted by Gasteiger charge is 2.12. The van der Waals surface area contributed by atoms with Crippen molar-refractivity contribution in [3.05, 3.63) is 35.4 Å². The van der Waals surface area contributed by atoms with E-state index in [4.69, 9.17) is 10.5 Å². The summed E-state index contributed by atoms with van der Waals surface area (Å²) in [6.45, 7) is 3.32. The van der Waals surface area contributed by atoms with Gasteiger partial charge >= 0.3 is 0 Å². The fourth-order valence-corrected chi connectivity index (χ4v) is 2.03. The van der Waals surface area contributed by atoms with Crippen LogP contribution in [0.4, 0.5) is 0 Å². The number of nitrogens with two attached hydrogens (primary N) is 1. The average molecular weight is 220 g/mol. The first-order valence-corrected chi connectivity index (χ1v) is 5.97. The number of hydrogen-bond donors (Lipinski definition) is 2. The molecule has 1 aliphatic rings. The van der Waals surface area contributed by atoms with E-state index in [1.165, 1.54) is 11.1 Å². The van der Waals surface area contributed by atoms with E-state index in [0.717, 1.165) is 32.6 Å². The summed E-state index contributed by atoms with van der Waals surface area (Å²) in [5, 5.41) is 3.57. The summed E-state index contributed by atoms with van der Waals surface area (Å²) in [7, 11) is 0. The molecule has 1 saturated heterocycles. The molecule has 0 atom stereocenters. The molecule has 0 aromatic heterocycles. The second-order valence-electron chi connectivity index (χ2n) is 4.29. The maximum Gasteiger partial charge on any atom is 0.0480 e. The molecule has 3 heteroatoms. The Morgan fingerprint density at radius 1 is 1.25 bits per heavy atom. The van der Waals surface area contributed by atoms with E-state index in [0.29, 0.717) is 12.6 Å². The van der Waals surface area contributed by atoms with Crippen molar-refractivity contribution in [2.75, 3.05) is 13.2 Å². The zero-order valence-electron chi connectivity index (χ0n) is 9.61. The molecule has 1 aromatic carbocycles. The van der Waals surface area contributed by atoms with Crippen LogP contribution in [0.2, 0.25) is 0 Å². The highest BCUT2D eigenvalue weighted by atomic mass is 16.5. The van der Waals surface area contributed by atoms with Crippen molar-refractivity contribution < 1.29 is 4.74 Å². The molecule has 0 unspecified atom stereocenters. The molecule has 0 aliphatic carbocycles. The molecule has 0 saturated carbocycles. The Morgan fingerprint density at radius 2 is 2.00 bits per heavy atom. The highest BCUT2D eigenvalue weighted by Crippen LogP contribution is 2.09.